The van der Waals surface area contributed by atoms with Crippen molar-refractivity contribution in [3.63, 3.8) is 0 Å². The zero-order valence-electron chi connectivity index (χ0n) is 8.31. The summed E-state index contributed by atoms with van der Waals surface area (Å²) in [4.78, 5) is 3.93. The first-order valence-electron chi connectivity index (χ1n) is 4.52. The molecule has 74 valence electrons. The first kappa shape index (κ1) is 9.28. The topological polar surface area (TPSA) is 67.6 Å². The van der Waals surface area contributed by atoms with Crippen molar-refractivity contribution in [2.45, 2.75) is 6.92 Å². The highest BCUT2D eigenvalue weighted by atomic mass is 15.1. The predicted octanol–water partition coefficient (Wildman–Crippen LogP) is 1.63. The molecule has 4 heteroatoms. The molecule has 0 radical (unpaired) electrons. The van der Waals surface area contributed by atoms with E-state index in [1.807, 2.05) is 31.2 Å². The molecular formula is C11H10N4. The highest BCUT2D eigenvalue weighted by Crippen LogP contribution is 2.17. The maximum Gasteiger partial charge on any atom is 0.217 e. The van der Waals surface area contributed by atoms with Gasteiger partial charge in [-0.1, -0.05) is 0 Å². The number of benzene rings is 1. The van der Waals surface area contributed by atoms with E-state index in [1.165, 1.54) is 0 Å². The Balaban J connectivity index is 2.56. The third kappa shape index (κ3) is 1.55. The summed E-state index contributed by atoms with van der Waals surface area (Å²) in [6.07, 6.45) is 3.35. The van der Waals surface area contributed by atoms with Crippen molar-refractivity contribution in [3.8, 4) is 11.8 Å². The minimum atomic E-state index is 0.374. The van der Waals surface area contributed by atoms with Gasteiger partial charge in [-0.05, 0) is 30.7 Å². The van der Waals surface area contributed by atoms with E-state index in [2.05, 4.69) is 4.98 Å². The molecule has 0 aliphatic heterocycles. The summed E-state index contributed by atoms with van der Waals surface area (Å²) in [6.45, 7) is 1.93. The first-order valence-corrected chi connectivity index (χ1v) is 4.52. The summed E-state index contributed by atoms with van der Waals surface area (Å²) in [5, 5.41) is 8.83. The van der Waals surface area contributed by atoms with Gasteiger partial charge in [-0.2, -0.15) is 5.26 Å². The number of nitrogen functional groups attached to an aromatic ring is 1. The molecule has 0 aliphatic rings. The van der Waals surface area contributed by atoms with Crippen molar-refractivity contribution >= 4 is 5.69 Å². The molecule has 0 aliphatic carbocycles. The van der Waals surface area contributed by atoms with Gasteiger partial charge in [0.05, 0.1) is 0 Å². The summed E-state index contributed by atoms with van der Waals surface area (Å²) in [6, 6.07) is 7.65. The third-order valence-electron chi connectivity index (χ3n) is 2.27. The lowest BCUT2D eigenvalue weighted by atomic mass is 10.2. The van der Waals surface area contributed by atoms with E-state index in [0.717, 1.165) is 16.9 Å². The average molecular weight is 198 g/mol. The van der Waals surface area contributed by atoms with Gasteiger partial charge in [-0.15, -0.1) is 0 Å². The number of aromatic nitrogens is 2. The Morgan fingerprint density at radius 3 is 2.93 bits per heavy atom. The van der Waals surface area contributed by atoms with Gasteiger partial charge in [0.1, 0.15) is 6.07 Å². The molecule has 0 spiro atoms. The molecule has 0 saturated carbocycles. The Labute approximate surface area is 87.6 Å². The maximum atomic E-state index is 8.83. The zero-order chi connectivity index (χ0) is 10.8. The van der Waals surface area contributed by atoms with Crippen LogP contribution in [0.2, 0.25) is 0 Å². The van der Waals surface area contributed by atoms with Gasteiger partial charge in [-0.25, -0.2) is 4.98 Å². The van der Waals surface area contributed by atoms with E-state index in [-0.39, 0.29) is 0 Å². The van der Waals surface area contributed by atoms with E-state index in [9.17, 15) is 0 Å². The molecule has 0 bridgehead atoms. The van der Waals surface area contributed by atoms with Gasteiger partial charge >= 0.3 is 0 Å². The number of aryl methyl sites for hydroxylation is 1. The number of anilines is 1. The smallest absolute Gasteiger partial charge is 0.217 e. The molecule has 0 amide bonds. The number of nitriles is 1. The van der Waals surface area contributed by atoms with Gasteiger partial charge in [0.2, 0.25) is 5.82 Å². The van der Waals surface area contributed by atoms with Crippen molar-refractivity contribution in [1.82, 2.24) is 9.55 Å². The first-order chi connectivity index (χ1) is 7.22. The normalized spacial score (nSPS) is 9.87. The van der Waals surface area contributed by atoms with Crippen molar-refractivity contribution in [3.05, 3.63) is 42.0 Å². The van der Waals surface area contributed by atoms with Crippen LogP contribution in [0.15, 0.2) is 30.6 Å². The summed E-state index contributed by atoms with van der Waals surface area (Å²) in [7, 11) is 0. The molecule has 0 saturated heterocycles. The molecule has 15 heavy (non-hydrogen) atoms. The summed E-state index contributed by atoms with van der Waals surface area (Å²) in [5.41, 5.74) is 8.36. The van der Waals surface area contributed by atoms with Crippen molar-refractivity contribution in [1.29, 1.82) is 5.26 Å². The number of rotatable bonds is 1. The highest BCUT2D eigenvalue weighted by Gasteiger charge is 2.04. The van der Waals surface area contributed by atoms with Crippen molar-refractivity contribution < 1.29 is 0 Å². The van der Waals surface area contributed by atoms with Crippen LogP contribution in [0.5, 0.6) is 0 Å². The Bertz CT molecular complexity index is 534. The molecular weight excluding hydrogens is 188 g/mol. The number of hydrogen-bond donors (Lipinski definition) is 1. The number of imidazole rings is 1. The number of hydrogen-bond acceptors (Lipinski definition) is 3. The molecule has 2 rings (SSSR count). The molecule has 0 unspecified atom stereocenters. The van der Waals surface area contributed by atoms with Crippen LogP contribution < -0.4 is 5.73 Å². The molecule has 1 heterocycles. The van der Waals surface area contributed by atoms with Crippen LogP contribution in [-0.2, 0) is 0 Å². The maximum absolute atomic E-state index is 8.83. The van der Waals surface area contributed by atoms with Crippen LogP contribution >= 0.6 is 0 Å². The second kappa shape index (κ2) is 3.46. The predicted molar refractivity (Wildman–Crippen MR) is 57.4 cm³/mol. The Morgan fingerprint density at radius 2 is 2.27 bits per heavy atom. The molecule has 0 fully saturated rings. The number of nitrogens with zero attached hydrogens (tertiary/aromatic N) is 3. The van der Waals surface area contributed by atoms with Gasteiger partial charge in [0.25, 0.3) is 0 Å². The fourth-order valence-corrected chi connectivity index (χ4v) is 1.40. The van der Waals surface area contributed by atoms with Crippen LogP contribution in [-0.4, -0.2) is 9.55 Å². The Kier molecular flexibility index (Phi) is 2.14. The largest absolute Gasteiger partial charge is 0.399 e. The van der Waals surface area contributed by atoms with Gasteiger partial charge in [0.15, 0.2) is 0 Å². The van der Waals surface area contributed by atoms with Crippen LogP contribution in [0.3, 0.4) is 0 Å². The lowest BCUT2D eigenvalue weighted by Crippen LogP contribution is -1.98. The summed E-state index contributed by atoms with van der Waals surface area (Å²) in [5.74, 6) is 0.374. The van der Waals surface area contributed by atoms with Gasteiger partial charge < -0.3 is 5.73 Å². The lowest BCUT2D eigenvalue weighted by Gasteiger charge is -2.06. The minimum absolute atomic E-state index is 0.374. The monoisotopic (exact) mass is 198 g/mol. The van der Waals surface area contributed by atoms with E-state index in [0.29, 0.717) is 5.82 Å². The fraction of sp³-hybridized carbons (Fsp3) is 0.0909. The van der Waals surface area contributed by atoms with Crippen LogP contribution in [0, 0.1) is 18.3 Å². The molecule has 1 aromatic heterocycles. The Hall–Kier alpha value is -2.28. The average Bonchev–Trinajstić information content (AvgIpc) is 2.70. The van der Waals surface area contributed by atoms with E-state index < -0.39 is 0 Å². The molecule has 4 nitrogen and oxygen atoms in total. The van der Waals surface area contributed by atoms with Gasteiger partial charge in [0, 0.05) is 23.8 Å². The molecule has 2 aromatic rings. The molecule has 1 aromatic carbocycles. The van der Waals surface area contributed by atoms with Gasteiger partial charge in [-0.3, -0.25) is 4.57 Å². The second-order valence-corrected chi connectivity index (χ2v) is 3.27. The third-order valence-corrected chi connectivity index (χ3v) is 2.27. The summed E-state index contributed by atoms with van der Waals surface area (Å²) >= 11 is 0. The van der Waals surface area contributed by atoms with Crippen LogP contribution in [0.4, 0.5) is 5.69 Å². The standard InChI is InChI=1S/C11H10N4/c1-8-6-9(2-3-10(8)13)15-5-4-14-11(15)7-12/h2-6H,13H2,1H3. The molecule has 0 atom stereocenters. The fourth-order valence-electron chi connectivity index (χ4n) is 1.40. The van der Waals surface area contributed by atoms with Crippen LogP contribution in [0.1, 0.15) is 11.4 Å². The van der Waals surface area contributed by atoms with E-state index in [1.54, 1.807) is 17.0 Å². The summed E-state index contributed by atoms with van der Waals surface area (Å²) < 4.78 is 1.73. The lowest BCUT2D eigenvalue weighted by molar-refractivity contribution is 1.02. The Morgan fingerprint density at radius 1 is 1.47 bits per heavy atom. The number of nitrogens with two attached hydrogens (primary N) is 1. The highest BCUT2D eigenvalue weighted by molar-refractivity contribution is 5.52. The van der Waals surface area contributed by atoms with E-state index in [4.69, 9.17) is 11.0 Å². The minimum Gasteiger partial charge on any atom is -0.399 e. The SMILES string of the molecule is Cc1cc(-n2ccnc2C#N)ccc1N. The van der Waals surface area contributed by atoms with Crippen molar-refractivity contribution in [2.24, 2.45) is 0 Å². The quantitative estimate of drug-likeness (QED) is 0.708. The molecule has 2 N–H and O–H groups in total. The van der Waals surface area contributed by atoms with E-state index >= 15 is 0 Å². The zero-order valence-corrected chi connectivity index (χ0v) is 8.31. The second-order valence-electron chi connectivity index (χ2n) is 3.27. The van der Waals surface area contributed by atoms with Crippen LogP contribution in [0.25, 0.3) is 5.69 Å². The van der Waals surface area contributed by atoms with Crippen molar-refractivity contribution in [2.75, 3.05) is 5.73 Å².